The molecule has 0 radical (unpaired) electrons. The van der Waals surface area contributed by atoms with Crippen LogP contribution in [0.5, 0.6) is 0 Å². The summed E-state index contributed by atoms with van der Waals surface area (Å²) in [7, 11) is 0. The van der Waals surface area contributed by atoms with E-state index in [0.29, 0.717) is 24.3 Å². The number of hydrogen-bond acceptors (Lipinski definition) is 6. The average Bonchev–Trinajstić information content (AvgIpc) is 2.61. The number of carbonyl (C=O) groups is 2. The van der Waals surface area contributed by atoms with Crippen LogP contribution in [0.1, 0.15) is 12.8 Å². The van der Waals surface area contributed by atoms with Crippen LogP contribution in [0.3, 0.4) is 0 Å². The number of nitrogens with zero attached hydrogens (tertiary/aromatic N) is 1. The highest BCUT2D eigenvalue weighted by molar-refractivity contribution is 8.04. The summed E-state index contributed by atoms with van der Waals surface area (Å²) in [5.74, 6) is -0.688. The third kappa shape index (κ3) is 2.06. The molecule has 1 fully saturated rings. The van der Waals surface area contributed by atoms with Gasteiger partial charge in [-0.05, 0) is 19.4 Å². The number of hydrogen-bond donors (Lipinski definition) is 3. The molecule has 0 aromatic carbocycles. The van der Waals surface area contributed by atoms with Crippen LogP contribution in [0.4, 0.5) is 4.79 Å². The van der Waals surface area contributed by atoms with Crippen LogP contribution in [0.2, 0.25) is 0 Å². The molecule has 2 rings (SSSR count). The number of amides is 1. The average molecular weight is 274 g/mol. The molecule has 0 spiro atoms. The Morgan fingerprint density at radius 3 is 2.83 bits per heavy atom. The quantitative estimate of drug-likeness (QED) is 0.481. The van der Waals surface area contributed by atoms with Crippen molar-refractivity contribution in [3.63, 3.8) is 0 Å². The van der Waals surface area contributed by atoms with Crippen molar-refractivity contribution in [3.05, 3.63) is 10.8 Å². The van der Waals surface area contributed by atoms with E-state index in [1.54, 1.807) is 0 Å². The van der Waals surface area contributed by atoms with Gasteiger partial charge in [-0.1, -0.05) is 11.8 Å². The number of rotatable bonds is 5. The molecule has 2 aliphatic heterocycles. The van der Waals surface area contributed by atoms with E-state index in [0.717, 1.165) is 0 Å². The SMILES string of the molecule is NCCCC1=C(OC(=O)O)N2C(=O)C(CO)[C@@H]2S1. The molecule has 1 unspecified atom stereocenters. The molecule has 0 saturated carbocycles. The Kier molecular flexibility index (Phi) is 3.79. The minimum Gasteiger partial charge on any atom is -0.449 e. The van der Waals surface area contributed by atoms with Gasteiger partial charge in [-0.3, -0.25) is 9.69 Å². The summed E-state index contributed by atoms with van der Waals surface area (Å²) < 4.78 is 4.68. The molecule has 0 bridgehead atoms. The minimum absolute atomic E-state index is 0.0839. The van der Waals surface area contributed by atoms with E-state index in [1.807, 2.05) is 0 Å². The van der Waals surface area contributed by atoms with Crippen LogP contribution in [-0.2, 0) is 9.53 Å². The number of ether oxygens (including phenoxy) is 1. The maximum Gasteiger partial charge on any atom is 0.512 e. The summed E-state index contributed by atoms with van der Waals surface area (Å²) in [6, 6.07) is 0. The number of carboxylic acid groups (broad SMARTS) is 1. The zero-order valence-electron chi connectivity index (χ0n) is 9.54. The van der Waals surface area contributed by atoms with Crippen LogP contribution < -0.4 is 5.73 Å². The lowest BCUT2D eigenvalue weighted by atomic mass is 10.00. The van der Waals surface area contributed by atoms with Gasteiger partial charge in [0.15, 0.2) is 0 Å². The molecule has 0 aromatic heterocycles. The van der Waals surface area contributed by atoms with Gasteiger partial charge in [0, 0.05) is 4.91 Å². The molecule has 0 aromatic rings. The first-order valence-corrected chi connectivity index (χ1v) is 6.42. The predicted molar refractivity (Wildman–Crippen MR) is 63.2 cm³/mol. The zero-order chi connectivity index (χ0) is 13.3. The number of aliphatic hydroxyl groups is 1. The van der Waals surface area contributed by atoms with Gasteiger partial charge in [0.05, 0.1) is 12.5 Å². The van der Waals surface area contributed by atoms with E-state index in [-0.39, 0.29) is 23.8 Å². The molecular weight excluding hydrogens is 260 g/mol. The van der Waals surface area contributed by atoms with E-state index in [2.05, 4.69) is 4.74 Å². The predicted octanol–water partition coefficient (Wildman–Crippen LogP) is 0.113. The van der Waals surface area contributed by atoms with Gasteiger partial charge >= 0.3 is 6.16 Å². The van der Waals surface area contributed by atoms with Crippen molar-refractivity contribution < 1.29 is 24.5 Å². The molecule has 2 aliphatic rings. The topological polar surface area (TPSA) is 113 Å². The molecule has 2 heterocycles. The van der Waals surface area contributed by atoms with Crippen molar-refractivity contribution in [1.82, 2.24) is 4.90 Å². The lowest BCUT2D eigenvalue weighted by molar-refractivity contribution is -0.151. The number of allylic oxidation sites excluding steroid dienone is 1. The third-order valence-corrected chi connectivity index (χ3v) is 4.31. The molecule has 2 atom stereocenters. The second kappa shape index (κ2) is 5.17. The number of aliphatic hydroxyl groups excluding tert-OH is 1. The Labute approximate surface area is 108 Å². The van der Waals surface area contributed by atoms with E-state index >= 15 is 0 Å². The molecule has 4 N–H and O–H groups in total. The molecule has 1 amide bonds. The largest absolute Gasteiger partial charge is 0.512 e. The van der Waals surface area contributed by atoms with Crippen molar-refractivity contribution in [2.45, 2.75) is 18.2 Å². The van der Waals surface area contributed by atoms with Crippen molar-refractivity contribution >= 4 is 23.8 Å². The van der Waals surface area contributed by atoms with Crippen LogP contribution in [-0.4, -0.2) is 45.7 Å². The van der Waals surface area contributed by atoms with E-state index in [9.17, 15) is 9.59 Å². The molecule has 100 valence electrons. The van der Waals surface area contributed by atoms with Crippen LogP contribution >= 0.6 is 11.8 Å². The van der Waals surface area contributed by atoms with Gasteiger partial charge in [0.1, 0.15) is 5.37 Å². The van der Waals surface area contributed by atoms with Gasteiger partial charge in [-0.25, -0.2) is 4.79 Å². The summed E-state index contributed by atoms with van der Waals surface area (Å²) in [4.78, 5) is 24.3. The fourth-order valence-corrected chi connectivity index (χ4v) is 3.46. The van der Waals surface area contributed by atoms with E-state index in [4.69, 9.17) is 15.9 Å². The van der Waals surface area contributed by atoms with Gasteiger partial charge in [-0.2, -0.15) is 0 Å². The Hall–Kier alpha value is -1.25. The first-order valence-electron chi connectivity index (χ1n) is 5.54. The second-order valence-corrected chi connectivity index (χ2v) is 5.21. The minimum atomic E-state index is -1.45. The maximum absolute atomic E-state index is 11.7. The Morgan fingerprint density at radius 1 is 1.56 bits per heavy atom. The second-order valence-electron chi connectivity index (χ2n) is 3.99. The van der Waals surface area contributed by atoms with Gasteiger partial charge < -0.3 is 20.7 Å². The number of carbonyl (C=O) groups excluding carboxylic acids is 1. The van der Waals surface area contributed by atoms with E-state index in [1.165, 1.54) is 16.7 Å². The molecule has 7 nitrogen and oxygen atoms in total. The first kappa shape index (κ1) is 13.2. The van der Waals surface area contributed by atoms with E-state index < -0.39 is 12.1 Å². The maximum atomic E-state index is 11.7. The number of fused-ring (bicyclic) bond motifs is 1. The summed E-state index contributed by atoms with van der Waals surface area (Å²) in [6.45, 7) is 0.240. The Bertz CT molecular complexity index is 411. The highest BCUT2D eigenvalue weighted by Crippen LogP contribution is 2.50. The third-order valence-electron chi connectivity index (χ3n) is 2.86. The van der Waals surface area contributed by atoms with Crippen molar-refractivity contribution in [2.75, 3.05) is 13.2 Å². The summed E-state index contributed by atoms with van der Waals surface area (Å²) >= 11 is 1.37. The first-order chi connectivity index (χ1) is 8.60. The molecular formula is C10H14N2O5S. The van der Waals surface area contributed by atoms with Crippen LogP contribution in [0, 0.1) is 5.92 Å². The Morgan fingerprint density at radius 2 is 2.28 bits per heavy atom. The molecule has 18 heavy (non-hydrogen) atoms. The standard InChI is InChI=1S/C10H14N2O5S/c11-3-1-2-6-8(17-10(15)16)12-7(14)5(4-13)9(12)18-6/h5,9,13H,1-4,11H2,(H,15,16)/t5?,9-/m0/s1. The van der Waals surface area contributed by atoms with Gasteiger partial charge in [-0.15, -0.1) is 0 Å². The summed E-state index contributed by atoms with van der Waals surface area (Å²) in [5, 5.41) is 17.5. The summed E-state index contributed by atoms with van der Waals surface area (Å²) in [6.07, 6.45) is -0.188. The number of β-lactam (4-membered cyclic amide) rings is 1. The van der Waals surface area contributed by atoms with Crippen molar-refractivity contribution in [2.24, 2.45) is 11.7 Å². The lowest BCUT2D eigenvalue weighted by Gasteiger charge is -2.40. The fraction of sp³-hybridized carbons (Fsp3) is 0.600. The van der Waals surface area contributed by atoms with Gasteiger partial charge in [0.25, 0.3) is 0 Å². The van der Waals surface area contributed by atoms with Gasteiger partial charge in [0.2, 0.25) is 11.8 Å². The normalized spacial score (nSPS) is 26.1. The van der Waals surface area contributed by atoms with Crippen molar-refractivity contribution in [1.29, 1.82) is 0 Å². The fourth-order valence-electron chi connectivity index (χ4n) is 1.99. The molecule has 0 aliphatic carbocycles. The lowest BCUT2D eigenvalue weighted by Crippen LogP contribution is -2.58. The highest BCUT2D eigenvalue weighted by Gasteiger charge is 2.55. The highest BCUT2D eigenvalue weighted by atomic mass is 32.2. The molecule has 8 heteroatoms. The number of thioether (sulfide) groups is 1. The van der Waals surface area contributed by atoms with Crippen LogP contribution in [0.15, 0.2) is 10.8 Å². The Balaban J connectivity index is 2.16. The molecule has 1 saturated heterocycles. The van der Waals surface area contributed by atoms with Crippen molar-refractivity contribution in [3.8, 4) is 0 Å². The zero-order valence-corrected chi connectivity index (χ0v) is 10.4. The summed E-state index contributed by atoms with van der Waals surface area (Å²) in [5.41, 5.74) is 5.41. The van der Waals surface area contributed by atoms with Crippen LogP contribution in [0.25, 0.3) is 0 Å². The number of nitrogens with two attached hydrogens (primary N) is 1. The monoisotopic (exact) mass is 274 g/mol. The smallest absolute Gasteiger partial charge is 0.449 e.